The molecule has 1 aromatic heterocycles. The van der Waals surface area contributed by atoms with Crippen LogP contribution in [0.3, 0.4) is 0 Å². The van der Waals surface area contributed by atoms with Gasteiger partial charge in [0.25, 0.3) is 0 Å². The SMILES string of the molecule is N#Cc1c(F)c(F)c(-c2ccccc2-n2c3ccccc3c3ccccc32)c(F)c1F. The Morgan fingerprint density at radius 1 is 0.613 bits per heavy atom. The highest BCUT2D eigenvalue weighted by Gasteiger charge is 2.28. The maximum absolute atomic E-state index is 14.9. The molecule has 31 heavy (non-hydrogen) atoms. The van der Waals surface area contributed by atoms with Crippen molar-refractivity contribution >= 4 is 21.8 Å². The molecule has 0 unspecified atom stereocenters. The van der Waals surface area contributed by atoms with Gasteiger partial charge in [0.2, 0.25) is 0 Å². The van der Waals surface area contributed by atoms with Crippen LogP contribution in [0.5, 0.6) is 0 Å². The van der Waals surface area contributed by atoms with E-state index in [1.165, 1.54) is 18.2 Å². The van der Waals surface area contributed by atoms with Gasteiger partial charge < -0.3 is 4.57 Å². The van der Waals surface area contributed by atoms with Crippen LogP contribution < -0.4 is 0 Å². The maximum Gasteiger partial charge on any atom is 0.180 e. The molecule has 0 atom stereocenters. The van der Waals surface area contributed by atoms with E-state index in [9.17, 15) is 17.6 Å². The minimum absolute atomic E-state index is 0.0358. The molecule has 0 bridgehead atoms. The molecule has 0 saturated carbocycles. The molecule has 0 aliphatic rings. The van der Waals surface area contributed by atoms with Gasteiger partial charge in [-0.25, -0.2) is 17.6 Å². The third kappa shape index (κ3) is 2.63. The van der Waals surface area contributed by atoms with Crippen molar-refractivity contribution in [2.45, 2.75) is 0 Å². The molecular formula is C25H12F4N2. The Morgan fingerprint density at radius 2 is 1.10 bits per heavy atom. The van der Waals surface area contributed by atoms with Gasteiger partial charge in [0, 0.05) is 16.3 Å². The molecule has 5 rings (SSSR count). The van der Waals surface area contributed by atoms with Gasteiger partial charge >= 0.3 is 0 Å². The van der Waals surface area contributed by atoms with Crippen LogP contribution >= 0.6 is 0 Å². The summed E-state index contributed by atoms with van der Waals surface area (Å²) >= 11 is 0. The summed E-state index contributed by atoms with van der Waals surface area (Å²) in [6.45, 7) is 0. The van der Waals surface area contributed by atoms with Crippen LogP contribution in [0.25, 0.3) is 38.6 Å². The van der Waals surface area contributed by atoms with Crippen molar-refractivity contribution < 1.29 is 17.6 Å². The standard InChI is InChI=1S/C25H12F4N2/c26-22-17(13-30)23(27)25(29)21(24(22)28)16-9-3-6-12-20(16)31-18-10-4-1-7-14(18)15-8-2-5-11-19(15)31/h1-12H. The van der Waals surface area contributed by atoms with Crippen molar-refractivity contribution in [3.05, 3.63) is 102 Å². The lowest BCUT2D eigenvalue weighted by molar-refractivity contribution is 0.454. The second-order valence-corrected chi connectivity index (χ2v) is 7.00. The predicted molar refractivity (Wildman–Crippen MR) is 111 cm³/mol. The van der Waals surface area contributed by atoms with E-state index in [-0.39, 0.29) is 5.56 Å². The monoisotopic (exact) mass is 416 g/mol. The summed E-state index contributed by atoms with van der Waals surface area (Å²) in [5.74, 6) is -6.64. The second kappa shape index (κ2) is 6.99. The minimum atomic E-state index is -1.71. The maximum atomic E-state index is 14.9. The van der Waals surface area contributed by atoms with E-state index in [4.69, 9.17) is 5.26 Å². The number of para-hydroxylation sites is 3. The van der Waals surface area contributed by atoms with E-state index in [1.807, 2.05) is 48.5 Å². The van der Waals surface area contributed by atoms with Gasteiger partial charge in [-0.05, 0) is 18.2 Å². The number of halogens is 4. The van der Waals surface area contributed by atoms with Gasteiger partial charge in [0.05, 0.1) is 22.3 Å². The lowest BCUT2D eigenvalue weighted by Crippen LogP contribution is -2.06. The summed E-state index contributed by atoms with van der Waals surface area (Å²) in [6, 6.07) is 22.4. The smallest absolute Gasteiger partial charge is 0.180 e. The fraction of sp³-hybridized carbons (Fsp3) is 0. The van der Waals surface area contributed by atoms with E-state index in [0.29, 0.717) is 5.69 Å². The largest absolute Gasteiger partial charge is 0.309 e. The molecule has 0 N–H and O–H groups in total. The van der Waals surface area contributed by atoms with E-state index >= 15 is 0 Å². The van der Waals surface area contributed by atoms with Crippen LogP contribution in [0.2, 0.25) is 0 Å². The predicted octanol–water partition coefficient (Wildman–Crippen LogP) is 6.88. The van der Waals surface area contributed by atoms with E-state index in [0.717, 1.165) is 21.8 Å². The Kier molecular flexibility index (Phi) is 4.26. The highest BCUT2D eigenvalue weighted by atomic mass is 19.2. The number of rotatable bonds is 2. The molecule has 0 aliphatic heterocycles. The van der Waals surface area contributed by atoms with Crippen LogP contribution in [-0.4, -0.2) is 4.57 Å². The van der Waals surface area contributed by atoms with Crippen LogP contribution in [0.4, 0.5) is 17.6 Å². The molecular weight excluding hydrogens is 404 g/mol. The number of benzene rings is 4. The number of nitriles is 1. The van der Waals surface area contributed by atoms with Crippen molar-refractivity contribution in [3.8, 4) is 22.9 Å². The van der Waals surface area contributed by atoms with Crippen molar-refractivity contribution in [1.82, 2.24) is 4.57 Å². The molecule has 0 spiro atoms. The quantitative estimate of drug-likeness (QED) is 0.228. The molecule has 0 fully saturated rings. The van der Waals surface area contributed by atoms with Crippen LogP contribution in [0, 0.1) is 34.6 Å². The van der Waals surface area contributed by atoms with Crippen LogP contribution in [-0.2, 0) is 0 Å². The number of nitrogens with zero attached hydrogens (tertiary/aromatic N) is 2. The zero-order chi connectivity index (χ0) is 21.7. The lowest BCUT2D eigenvalue weighted by Gasteiger charge is -2.16. The van der Waals surface area contributed by atoms with Crippen molar-refractivity contribution in [2.75, 3.05) is 0 Å². The summed E-state index contributed by atoms with van der Waals surface area (Å²) in [6.07, 6.45) is 0. The zero-order valence-electron chi connectivity index (χ0n) is 15.8. The molecule has 0 radical (unpaired) electrons. The number of hydrogen-bond donors (Lipinski definition) is 0. The molecule has 0 saturated heterocycles. The second-order valence-electron chi connectivity index (χ2n) is 7.00. The summed E-state index contributed by atoms with van der Waals surface area (Å²) in [5, 5.41) is 10.7. The van der Waals surface area contributed by atoms with Gasteiger partial charge in [-0.1, -0.05) is 54.6 Å². The molecule has 1 heterocycles. The highest BCUT2D eigenvalue weighted by Crippen LogP contribution is 2.39. The molecule has 0 aliphatic carbocycles. The van der Waals surface area contributed by atoms with Crippen molar-refractivity contribution in [3.63, 3.8) is 0 Å². The number of hydrogen-bond acceptors (Lipinski definition) is 1. The molecule has 4 aromatic carbocycles. The number of fused-ring (bicyclic) bond motifs is 3. The molecule has 6 heteroatoms. The average Bonchev–Trinajstić information content (AvgIpc) is 3.13. The van der Waals surface area contributed by atoms with Crippen molar-refractivity contribution in [2.24, 2.45) is 0 Å². The van der Waals surface area contributed by atoms with E-state index in [2.05, 4.69) is 0 Å². The summed E-state index contributed by atoms with van der Waals surface area (Å²) < 4.78 is 60.3. The summed E-state index contributed by atoms with van der Waals surface area (Å²) in [5.41, 5.74) is -0.287. The summed E-state index contributed by atoms with van der Waals surface area (Å²) in [7, 11) is 0. The Labute approximate surface area is 174 Å². The lowest BCUT2D eigenvalue weighted by atomic mass is 9.99. The summed E-state index contributed by atoms with van der Waals surface area (Å²) in [4.78, 5) is 0. The fourth-order valence-corrected chi connectivity index (χ4v) is 4.03. The Morgan fingerprint density at radius 3 is 1.65 bits per heavy atom. The first-order valence-electron chi connectivity index (χ1n) is 9.38. The van der Waals surface area contributed by atoms with Gasteiger partial charge in [0.15, 0.2) is 23.3 Å². The number of aromatic nitrogens is 1. The minimum Gasteiger partial charge on any atom is -0.309 e. The third-order valence-electron chi connectivity index (χ3n) is 5.37. The Balaban J connectivity index is 1.92. The first-order chi connectivity index (χ1) is 15.0. The normalized spacial score (nSPS) is 11.2. The van der Waals surface area contributed by atoms with E-state index < -0.39 is 34.4 Å². The Bertz CT molecular complexity index is 1460. The molecule has 150 valence electrons. The first kappa shape index (κ1) is 18.9. The van der Waals surface area contributed by atoms with Crippen molar-refractivity contribution in [1.29, 1.82) is 5.26 Å². The molecule has 5 aromatic rings. The first-order valence-corrected chi connectivity index (χ1v) is 9.38. The van der Waals surface area contributed by atoms with E-state index in [1.54, 1.807) is 16.7 Å². The van der Waals surface area contributed by atoms with Gasteiger partial charge in [-0.3, -0.25) is 0 Å². The topological polar surface area (TPSA) is 28.7 Å². The van der Waals surface area contributed by atoms with Gasteiger partial charge in [-0.2, -0.15) is 5.26 Å². The molecule has 0 amide bonds. The molecule has 2 nitrogen and oxygen atoms in total. The van der Waals surface area contributed by atoms with Crippen LogP contribution in [0.15, 0.2) is 72.8 Å². The zero-order valence-corrected chi connectivity index (χ0v) is 15.8. The van der Waals surface area contributed by atoms with Gasteiger partial charge in [0.1, 0.15) is 11.6 Å². The van der Waals surface area contributed by atoms with Crippen LogP contribution in [0.1, 0.15) is 5.56 Å². The third-order valence-corrected chi connectivity index (χ3v) is 5.37. The Hall–Kier alpha value is -4.11. The fourth-order valence-electron chi connectivity index (χ4n) is 4.03. The van der Waals surface area contributed by atoms with Gasteiger partial charge in [-0.15, -0.1) is 0 Å². The highest BCUT2D eigenvalue weighted by molar-refractivity contribution is 6.09. The average molecular weight is 416 g/mol.